The molecule has 78 valence electrons. The summed E-state index contributed by atoms with van der Waals surface area (Å²) in [7, 11) is 7.56. The molecule has 0 heterocycles. The van der Waals surface area contributed by atoms with Gasteiger partial charge in [-0.1, -0.05) is 0 Å². The first-order valence-electron chi connectivity index (χ1n) is 3.65. The molecule has 0 atom stereocenters. The zero-order chi connectivity index (χ0) is 11.1. The van der Waals surface area contributed by atoms with Crippen LogP contribution in [0.15, 0.2) is 0 Å². The predicted octanol–water partition coefficient (Wildman–Crippen LogP) is -0.686. The van der Waals surface area contributed by atoms with Crippen LogP contribution in [0.3, 0.4) is 0 Å². The minimum Gasteiger partial charge on any atom is -0.362 e. The second-order valence-corrected chi connectivity index (χ2v) is 2.32. The summed E-state index contributed by atoms with van der Waals surface area (Å²) in [6.07, 6.45) is 1.78. The summed E-state index contributed by atoms with van der Waals surface area (Å²) < 4.78 is 0. The number of amides is 1. The lowest BCUT2D eigenvalue weighted by atomic mass is 10.6. The van der Waals surface area contributed by atoms with Gasteiger partial charge in [-0.05, 0) is 21.1 Å². The Hall–Kier alpha value is -1.23. The van der Waals surface area contributed by atoms with E-state index < -0.39 is 0 Å². The van der Waals surface area contributed by atoms with Crippen LogP contribution in [-0.2, 0) is 14.4 Å². The van der Waals surface area contributed by atoms with Gasteiger partial charge in [0.25, 0.3) is 0 Å². The Bertz CT molecular complexity index is 107. The second-order valence-electron chi connectivity index (χ2n) is 2.32. The van der Waals surface area contributed by atoms with Crippen molar-refractivity contribution < 1.29 is 14.4 Å². The molecule has 0 aliphatic rings. The first-order valence-corrected chi connectivity index (χ1v) is 3.65. The summed E-state index contributed by atoms with van der Waals surface area (Å²) >= 11 is 0. The molecular weight excluding hydrogens is 172 g/mol. The molecule has 1 N–H and O–H groups in total. The number of nitrogens with zero attached hydrogens (tertiary/aromatic N) is 1. The standard InChI is InChI=1S/C3H9N.C3H4O2.C2H5NO/c1-4(2)3;4-2-1-3-5;1-3-2-4/h1-3H3;2-3H,1H2;2H,1H3,(H,3,4). The smallest absolute Gasteiger partial charge is 0.206 e. The van der Waals surface area contributed by atoms with Crippen molar-refractivity contribution in [2.24, 2.45) is 0 Å². The maximum absolute atomic E-state index is 9.17. The van der Waals surface area contributed by atoms with Gasteiger partial charge in [-0.3, -0.25) is 4.79 Å². The van der Waals surface area contributed by atoms with Crippen LogP contribution in [-0.4, -0.2) is 52.1 Å². The van der Waals surface area contributed by atoms with E-state index in [1.165, 1.54) is 0 Å². The Morgan fingerprint density at radius 3 is 1.31 bits per heavy atom. The molecular formula is C8H18N2O3. The van der Waals surface area contributed by atoms with Gasteiger partial charge in [-0.15, -0.1) is 0 Å². The monoisotopic (exact) mass is 190 g/mol. The third-order valence-corrected chi connectivity index (χ3v) is 0.310. The number of rotatable bonds is 3. The van der Waals surface area contributed by atoms with Crippen molar-refractivity contribution in [3.05, 3.63) is 0 Å². The summed E-state index contributed by atoms with van der Waals surface area (Å²) in [5.74, 6) is 0. The molecule has 0 radical (unpaired) electrons. The quantitative estimate of drug-likeness (QED) is 0.473. The van der Waals surface area contributed by atoms with Crippen molar-refractivity contribution in [2.45, 2.75) is 6.42 Å². The Morgan fingerprint density at radius 2 is 1.31 bits per heavy atom. The number of nitrogens with one attached hydrogen (secondary N) is 1. The van der Waals surface area contributed by atoms with Crippen LogP contribution in [0.2, 0.25) is 0 Å². The minimum absolute atomic E-state index is 0.0278. The minimum atomic E-state index is 0.0278. The molecule has 0 rings (SSSR count). The van der Waals surface area contributed by atoms with Crippen molar-refractivity contribution in [1.29, 1.82) is 0 Å². The maximum Gasteiger partial charge on any atom is 0.206 e. The molecule has 0 aromatic heterocycles. The Balaban J connectivity index is -0.000000117. The normalized spacial score (nSPS) is 6.85. The first-order chi connectivity index (χ1) is 6.06. The van der Waals surface area contributed by atoms with E-state index in [4.69, 9.17) is 4.79 Å². The molecule has 0 saturated carbocycles. The third kappa shape index (κ3) is 264. The third-order valence-electron chi connectivity index (χ3n) is 0.310. The fourth-order valence-corrected chi connectivity index (χ4v) is 0.0393. The maximum atomic E-state index is 9.17. The molecule has 0 spiro atoms. The van der Waals surface area contributed by atoms with Crippen LogP contribution >= 0.6 is 0 Å². The number of carbonyl (C=O) groups is 3. The van der Waals surface area contributed by atoms with E-state index in [-0.39, 0.29) is 6.42 Å². The zero-order valence-electron chi connectivity index (χ0n) is 8.61. The summed E-state index contributed by atoms with van der Waals surface area (Å²) in [6.45, 7) is 0. The molecule has 5 heteroatoms. The van der Waals surface area contributed by atoms with Crippen LogP contribution in [0.4, 0.5) is 0 Å². The Labute approximate surface area is 79.1 Å². The van der Waals surface area contributed by atoms with Crippen molar-refractivity contribution in [3.63, 3.8) is 0 Å². The summed E-state index contributed by atoms with van der Waals surface area (Å²) in [4.78, 5) is 29.4. The van der Waals surface area contributed by atoms with Crippen molar-refractivity contribution >= 4 is 19.0 Å². The van der Waals surface area contributed by atoms with E-state index in [9.17, 15) is 9.59 Å². The molecule has 0 aromatic carbocycles. The number of carbonyl (C=O) groups excluding carboxylic acids is 3. The Morgan fingerprint density at radius 1 is 1.08 bits per heavy atom. The Kier molecular flexibility index (Phi) is 30.6. The van der Waals surface area contributed by atoms with Crippen molar-refractivity contribution in [3.8, 4) is 0 Å². The van der Waals surface area contributed by atoms with E-state index >= 15 is 0 Å². The number of hydrogen-bond donors (Lipinski definition) is 1. The van der Waals surface area contributed by atoms with Crippen LogP contribution in [0, 0.1) is 0 Å². The molecule has 0 bridgehead atoms. The molecule has 0 saturated heterocycles. The summed E-state index contributed by atoms with van der Waals surface area (Å²) in [5.41, 5.74) is 0. The van der Waals surface area contributed by atoms with E-state index in [1.54, 1.807) is 7.05 Å². The molecule has 0 aliphatic carbocycles. The highest BCUT2D eigenvalue weighted by Gasteiger charge is 1.65. The van der Waals surface area contributed by atoms with Crippen LogP contribution in [0.1, 0.15) is 6.42 Å². The molecule has 0 fully saturated rings. The van der Waals surface area contributed by atoms with Crippen LogP contribution in [0.25, 0.3) is 0 Å². The largest absolute Gasteiger partial charge is 0.362 e. The van der Waals surface area contributed by atoms with Gasteiger partial charge in [-0.2, -0.15) is 0 Å². The number of hydrogen-bond acceptors (Lipinski definition) is 4. The highest BCUT2D eigenvalue weighted by Crippen LogP contribution is 1.50. The molecule has 5 nitrogen and oxygen atoms in total. The van der Waals surface area contributed by atoms with Gasteiger partial charge in [0.05, 0.1) is 6.42 Å². The molecule has 13 heavy (non-hydrogen) atoms. The zero-order valence-corrected chi connectivity index (χ0v) is 8.61. The fraction of sp³-hybridized carbons (Fsp3) is 0.625. The summed E-state index contributed by atoms with van der Waals surface area (Å²) in [5, 5.41) is 2.25. The molecule has 0 aromatic rings. The van der Waals surface area contributed by atoms with Gasteiger partial charge in [0, 0.05) is 7.05 Å². The molecule has 0 aliphatic heterocycles. The van der Waals surface area contributed by atoms with Crippen LogP contribution in [0.5, 0.6) is 0 Å². The van der Waals surface area contributed by atoms with E-state index in [0.717, 1.165) is 0 Å². The van der Waals surface area contributed by atoms with Gasteiger partial charge >= 0.3 is 0 Å². The van der Waals surface area contributed by atoms with Gasteiger partial charge in [-0.25, -0.2) is 0 Å². The van der Waals surface area contributed by atoms with Gasteiger partial charge < -0.3 is 19.8 Å². The second kappa shape index (κ2) is 22.4. The van der Waals surface area contributed by atoms with Crippen molar-refractivity contribution in [2.75, 3.05) is 28.2 Å². The average Bonchev–Trinajstić information content (AvgIpc) is 2.05. The topological polar surface area (TPSA) is 66.5 Å². The number of aldehydes is 2. The molecule has 0 unspecified atom stereocenters. The van der Waals surface area contributed by atoms with E-state index in [2.05, 4.69) is 5.32 Å². The summed E-state index contributed by atoms with van der Waals surface area (Å²) in [6, 6.07) is 0. The predicted molar refractivity (Wildman–Crippen MR) is 51.5 cm³/mol. The van der Waals surface area contributed by atoms with E-state index in [0.29, 0.717) is 19.0 Å². The van der Waals surface area contributed by atoms with Gasteiger partial charge in [0.1, 0.15) is 12.6 Å². The van der Waals surface area contributed by atoms with Crippen molar-refractivity contribution in [1.82, 2.24) is 10.2 Å². The lowest BCUT2D eigenvalue weighted by molar-refractivity contribution is -0.114. The lowest BCUT2D eigenvalue weighted by Crippen LogP contribution is -1.99. The molecule has 1 amide bonds. The first kappa shape index (κ1) is 17.8. The highest BCUT2D eigenvalue weighted by molar-refractivity contribution is 5.72. The van der Waals surface area contributed by atoms with Gasteiger partial charge in [0.15, 0.2) is 0 Å². The van der Waals surface area contributed by atoms with E-state index in [1.807, 2.05) is 26.0 Å². The van der Waals surface area contributed by atoms with Crippen LogP contribution < -0.4 is 5.32 Å². The highest BCUT2D eigenvalue weighted by atomic mass is 16.1. The fourth-order valence-electron chi connectivity index (χ4n) is 0.0393. The average molecular weight is 190 g/mol. The van der Waals surface area contributed by atoms with Gasteiger partial charge in [0.2, 0.25) is 6.41 Å². The SMILES string of the molecule is CN(C)C.CNC=O.O=CCC=O. The lowest BCUT2D eigenvalue weighted by Gasteiger charge is -1.90.